The highest BCUT2D eigenvalue weighted by Crippen LogP contribution is 2.24. The van der Waals surface area contributed by atoms with E-state index in [0.29, 0.717) is 5.25 Å². The molecular formula is C22H27N5O2S. The summed E-state index contributed by atoms with van der Waals surface area (Å²) in [7, 11) is 1.62. The number of anilines is 2. The van der Waals surface area contributed by atoms with Crippen LogP contribution in [0.2, 0.25) is 0 Å². The van der Waals surface area contributed by atoms with Gasteiger partial charge in [-0.05, 0) is 55.3 Å². The first-order chi connectivity index (χ1) is 14.6. The second-order valence-corrected chi connectivity index (χ2v) is 8.10. The van der Waals surface area contributed by atoms with Crippen molar-refractivity contribution in [1.29, 1.82) is 0 Å². The summed E-state index contributed by atoms with van der Waals surface area (Å²) in [6.45, 7) is 5.05. The number of hydrogen-bond acceptors (Lipinski definition) is 7. The Morgan fingerprint density at radius 1 is 1.17 bits per heavy atom. The number of hydrazone groups is 1. The second-order valence-electron chi connectivity index (χ2n) is 6.81. The number of carbonyl (C=O) groups is 1. The SMILES string of the molecule is CC[C@H]1CN=C(Nc2ccc(/C(C)=N\NC(=O)CNc3ccc(OC)cc3)cc2)S1. The fourth-order valence-corrected chi connectivity index (χ4v) is 3.72. The average Bonchev–Trinajstić information content (AvgIpc) is 3.24. The molecule has 158 valence electrons. The number of thioether (sulfide) groups is 1. The minimum Gasteiger partial charge on any atom is -0.497 e. The molecule has 3 rings (SSSR count). The van der Waals surface area contributed by atoms with Gasteiger partial charge in [-0.2, -0.15) is 5.10 Å². The van der Waals surface area contributed by atoms with E-state index < -0.39 is 0 Å². The molecule has 0 fully saturated rings. The summed E-state index contributed by atoms with van der Waals surface area (Å²) in [6, 6.07) is 15.3. The van der Waals surface area contributed by atoms with Gasteiger partial charge in [-0.3, -0.25) is 9.79 Å². The molecular weight excluding hydrogens is 398 g/mol. The van der Waals surface area contributed by atoms with Crippen LogP contribution in [0.5, 0.6) is 5.75 Å². The van der Waals surface area contributed by atoms with Crippen LogP contribution in [0.25, 0.3) is 0 Å². The van der Waals surface area contributed by atoms with Gasteiger partial charge >= 0.3 is 0 Å². The Labute approximate surface area is 181 Å². The summed E-state index contributed by atoms with van der Waals surface area (Å²) in [5, 5.41) is 12.1. The molecule has 0 saturated heterocycles. The molecule has 2 aromatic rings. The van der Waals surface area contributed by atoms with E-state index >= 15 is 0 Å². The van der Waals surface area contributed by atoms with Gasteiger partial charge < -0.3 is 15.4 Å². The third-order valence-corrected chi connectivity index (χ3v) is 5.89. The summed E-state index contributed by atoms with van der Waals surface area (Å²) >= 11 is 1.79. The van der Waals surface area contributed by atoms with E-state index in [1.807, 2.05) is 55.5 Å². The van der Waals surface area contributed by atoms with Crippen molar-refractivity contribution < 1.29 is 9.53 Å². The Morgan fingerprint density at radius 2 is 1.87 bits per heavy atom. The Balaban J connectivity index is 1.46. The number of benzene rings is 2. The largest absolute Gasteiger partial charge is 0.497 e. The van der Waals surface area contributed by atoms with Gasteiger partial charge in [0.25, 0.3) is 5.91 Å². The maximum atomic E-state index is 12.0. The van der Waals surface area contributed by atoms with Crippen molar-refractivity contribution in [1.82, 2.24) is 5.43 Å². The zero-order chi connectivity index (χ0) is 21.3. The summed E-state index contributed by atoms with van der Waals surface area (Å²) in [6.07, 6.45) is 1.12. The Morgan fingerprint density at radius 3 is 2.50 bits per heavy atom. The average molecular weight is 426 g/mol. The van der Waals surface area contributed by atoms with Gasteiger partial charge in [-0.1, -0.05) is 30.8 Å². The van der Waals surface area contributed by atoms with Crippen LogP contribution in [0, 0.1) is 0 Å². The van der Waals surface area contributed by atoms with Gasteiger partial charge in [0, 0.05) is 16.6 Å². The van der Waals surface area contributed by atoms with Gasteiger partial charge in [0.15, 0.2) is 5.17 Å². The van der Waals surface area contributed by atoms with Gasteiger partial charge in [-0.15, -0.1) is 0 Å². The van der Waals surface area contributed by atoms with Crippen LogP contribution >= 0.6 is 11.8 Å². The number of ether oxygens (including phenoxy) is 1. The standard InChI is InChI=1S/C22H27N5O2S/c1-4-20-13-24-22(30-20)25-18-7-5-16(6-8-18)15(2)26-27-21(28)14-23-17-9-11-19(29-3)12-10-17/h5-12,20,23H,4,13-14H2,1-3H3,(H,24,25)(H,27,28)/b26-15-/t20-/m0/s1. The van der Waals surface area contributed by atoms with E-state index in [1.54, 1.807) is 18.9 Å². The summed E-state index contributed by atoms with van der Waals surface area (Å²) in [5.41, 5.74) is 6.08. The molecule has 0 spiro atoms. The molecule has 0 bridgehead atoms. The van der Waals surface area contributed by atoms with Crippen molar-refractivity contribution in [2.24, 2.45) is 10.1 Å². The lowest BCUT2D eigenvalue weighted by molar-refractivity contribution is -0.119. The molecule has 1 heterocycles. The number of amidine groups is 1. The second kappa shape index (κ2) is 10.7. The molecule has 7 nitrogen and oxygen atoms in total. The maximum absolute atomic E-state index is 12.0. The quantitative estimate of drug-likeness (QED) is 0.440. The van der Waals surface area contributed by atoms with Crippen LogP contribution in [0.15, 0.2) is 58.6 Å². The third-order valence-electron chi connectivity index (χ3n) is 4.62. The van der Waals surface area contributed by atoms with Crippen molar-refractivity contribution in [3.05, 3.63) is 54.1 Å². The number of aliphatic imine (C=N–C) groups is 1. The third kappa shape index (κ3) is 6.25. The lowest BCUT2D eigenvalue weighted by Gasteiger charge is -2.09. The van der Waals surface area contributed by atoms with E-state index in [-0.39, 0.29) is 12.5 Å². The van der Waals surface area contributed by atoms with Crippen molar-refractivity contribution >= 4 is 39.9 Å². The lowest BCUT2D eigenvalue weighted by atomic mass is 10.1. The number of carbonyl (C=O) groups excluding carboxylic acids is 1. The van der Waals surface area contributed by atoms with E-state index in [4.69, 9.17) is 4.74 Å². The number of nitrogens with one attached hydrogen (secondary N) is 3. The van der Waals surface area contributed by atoms with Crippen molar-refractivity contribution in [2.45, 2.75) is 25.5 Å². The molecule has 30 heavy (non-hydrogen) atoms. The van der Waals surface area contributed by atoms with Crippen LogP contribution in [0.4, 0.5) is 11.4 Å². The molecule has 3 N–H and O–H groups in total. The number of rotatable bonds is 8. The van der Waals surface area contributed by atoms with Gasteiger partial charge in [0.2, 0.25) is 0 Å². The number of nitrogens with zero attached hydrogens (tertiary/aromatic N) is 2. The van der Waals surface area contributed by atoms with E-state index in [2.05, 4.69) is 33.1 Å². The van der Waals surface area contributed by atoms with Crippen molar-refractivity contribution in [3.8, 4) is 5.75 Å². The van der Waals surface area contributed by atoms with Crippen LogP contribution in [0.3, 0.4) is 0 Å². The van der Waals surface area contributed by atoms with Crippen molar-refractivity contribution in [3.63, 3.8) is 0 Å². The normalized spacial score (nSPS) is 16.0. The molecule has 0 radical (unpaired) electrons. The van der Waals surface area contributed by atoms with Crippen LogP contribution in [-0.4, -0.2) is 42.2 Å². The summed E-state index contributed by atoms with van der Waals surface area (Å²) < 4.78 is 5.12. The number of methoxy groups -OCH3 is 1. The lowest BCUT2D eigenvalue weighted by Crippen LogP contribution is -2.26. The Hall–Kier alpha value is -3.00. The van der Waals surface area contributed by atoms with E-state index in [0.717, 1.165) is 46.5 Å². The molecule has 1 amide bonds. The topological polar surface area (TPSA) is 87.1 Å². The molecule has 0 saturated carbocycles. The highest BCUT2D eigenvalue weighted by Gasteiger charge is 2.17. The van der Waals surface area contributed by atoms with Gasteiger partial charge in [-0.25, -0.2) is 5.43 Å². The van der Waals surface area contributed by atoms with E-state index in [9.17, 15) is 4.79 Å². The number of hydrogen-bond donors (Lipinski definition) is 3. The van der Waals surface area contributed by atoms with Crippen LogP contribution in [-0.2, 0) is 4.79 Å². The molecule has 0 unspecified atom stereocenters. The highest BCUT2D eigenvalue weighted by atomic mass is 32.2. The minimum absolute atomic E-state index is 0.129. The molecule has 1 atom stereocenters. The highest BCUT2D eigenvalue weighted by molar-refractivity contribution is 8.15. The summed E-state index contributed by atoms with van der Waals surface area (Å²) in [4.78, 5) is 16.6. The first-order valence-corrected chi connectivity index (χ1v) is 10.7. The first-order valence-electron chi connectivity index (χ1n) is 9.87. The zero-order valence-corrected chi connectivity index (χ0v) is 18.3. The fourth-order valence-electron chi connectivity index (χ4n) is 2.76. The molecule has 2 aromatic carbocycles. The first kappa shape index (κ1) is 21.7. The van der Waals surface area contributed by atoms with E-state index in [1.165, 1.54) is 0 Å². The zero-order valence-electron chi connectivity index (χ0n) is 17.4. The Bertz CT molecular complexity index is 910. The molecule has 0 aliphatic carbocycles. The predicted octanol–water partition coefficient (Wildman–Crippen LogP) is 3.94. The van der Waals surface area contributed by atoms with Crippen LogP contribution in [0.1, 0.15) is 25.8 Å². The summed E-state index contributed by atoms with van der Waals surface area (Å²) in [5.74, 6) is 0.553. The fraction of sp³-hybridized carbons (Fsp3) is 0.318. The predicted molar refractivity (Wildman–Crippen MR) is 126 cm³/mol. The monoisotopic (exact) mass is 425 g/mol. The van der Waals surface area contributed by atoms with Gasteiger partial charge in [0.05, 0.1) is 25.9 Å². The Kier molecular flexibility index (Phi) is 7.73. The molecule has 8 heteroatoms. The van der Waals surface area contributed by atoms with Crippen LogP contribution < -0.4 is 20.8 Å². The number of amides is 1. The molecule has 0 aromatic heterocycles. The smallest absolute Gasteiger partial charge is 0.259 e. The van der Waals surface area contributed by atoms with Gasteiger partial charge in [0.1, 0.15) is 5.75 Å². The molecule has 1 aliphatic rings. The molecule has 1 aliphatic heterocycles. The van der Waals surface area contributed by atoms with Crippen molar-refractivity contribution in [2.75, 3.05) is 30.8 Å². The maximum Gasteiger partial charge on any atom is 0.259 e. The minimum atomic E-state index is -0.217.